The molecule has 1 aliphatic heterocycles. The van der Waals surface area contributed by atoms with Gasteiger partial charge in [0.1, 0.15) is 11.6 Å². The van der Waals surface area contributed by atoms with Crippen LogP contribution >= 0.6 is 10.3 Å². The smallest absolute Gasteiger partial charge is 0.132 e. The highest BCUT2D eigenvalue weighted by atomic mass is 32.3. The van der Waals surface area contributed by atoms with E-state index in [2.05, 4.69) is 29.8 Å². The van der Waals surface area contributed by atoms with Crippen molar-refractivity contribution in [3.8, 4) is 0 Å². The van der Waals surface area contributed by atoms with E-state index in [-0.39, 0.29) is 4.75 Å². The molecule has 0 radical (unpaired) electrons. The van der Waals surface area contributed by atoms with Gasteiger partial charge in [-0.05, 0) is 38.7 Å². The summed E-state index contributed by atoms with van der Waals surface area (Å²) in [7, 11) is -1.65. The summed E-state index contributed by atoms with van der Waals surface area (Å²) in [6.45, 7) is 8.53. The Morgan fingerprint density at radius 3 is 2.77 bits per heavy atom. The number of morpholine rings is 1. The highest BCUT2D eigenvalue weighted by molar-refractivity contribution is 8.29. The molecule has 2 fully saturated rings. The molecule has 2 aliphatic rings. The van der Waals surface area contributed by atoms with Crippen molar-refractivity contribution in [2.75, 3.05) is 36.7 Å². The molecule has 22 heavy (non-hydrogen) atoms. The van der Waals surface area contributed by atoms with Crippen LogP contribution in [0.25, 0.3) is 0 Å². The first kappa shape index (κ1) is 16.0. The molecule has 6 heteroatoms. The van der Waals surface area contributed by atoms with Gasteiger partial charge in [0.05, 0.1) is 29.7 Å². The minimum absolute atomic E-state index is 0.111. The topological polar surface area (TPSA) is 58.5 Å². The zero-order valence-electron chi connectivity index (χ0n) is 14.0. The largest absolute Gasteiger partial charge is 0.377 e. The van der Waals surface area contributed by atoms with Crippen LogP contribution in [-0.2, 0) is 9.48 Å². The van der Waals surface area contributed by atoms with Crippen LogP contribution < -0.4 is 4.90 Å². The summed E-state index contributed by atoms with van der Waals surface area (Å²) < 4.78 is 16.3. The van der Waals surface area contributed by atoms with E-state index in [0.717, 1.165) is 55.7 Å². The van der Waals surface area contributed by atoms with Gasteiger partial charge >= 0.3 is 0 Å². The molecule has 1 N–H and O–H groups in total. The summed E-state index contributed by atoms with van der Waals surface area (Å²) in [5.74, 6) is 2.60. The summed E-state index contributed by atoms with van der Waals surface area (Å²) in [6.07, 6.45) is 4.10. The molecule has 1 unspecified atom stereocenters. The Morgan fingerprint density at radius 1 is 1.45 bits per heavy atom. The minimum atomic E-state index is -1.65. The van der Waals surface area contributed by atoms with Crippen LogP contribution in [0, 0.1) is 6.92 Å². The molecule has 1 aliphatic carbocycles. The molecular formula is C16H27N3O2S. The average Bonchev–Trinajstić information content (AvgIpc) is 3.29. The molecule has 1 aromatic rings. The Morgan fingerprint density at radius 2 is 2.18 bits per heavy atom. The van der Waals surface area contributed by atoms with Gasteiger partial charge in [-0.3, -0.25) is 0 Å². The summed E-state index contributed by atoms with van der Waals surface area (Å²) in [5, 5.41) is 0. The molecule has 2 atom stereocenters. The molecule has 2 heterocycles. The normalized spacial score (nSPS) is 28.0. The first-order chi connectivity index (χ1) is 10.4. The van der Waals surface area contributed by atoms with Gasteiger partial charge in [-0.25, -0.2) is 9.97 Å². The van der Waals surface area contributed by atoms with Crippen molar-refractivity contribution in [3.63, 3.8) is 0 Å². The summed E-state index contributed by atoms with van der Waals surface area (Å²) in [4.78, 5) is 11.6. The van der Waals surface area contributed by atoms with Crippen LogP contribution in [0.3, 0.4) is 0 Å². The number of hydrogen-bond acceptors (Lipinski definition) is 5. The number of aromatic nitrogens is 2. The predicted molar refractivity (Wildman–Crippen MR) is 92.0 cm³/mol. The second-order valence-electron chi connectivity index (χ2n) is 6.60. The van der Waals surface area contributed by atoms with E-state index in [9.17, 15) is 4.55 Å². The number of rotatable bonds is 4. The van der Waals surface area contributed by atoms with E-state index in [1.807, 2.05) is 13.2 Å². The molecule has 0 bridgehead atoms. The number of anilines is 1. The number of ether oxygens (including phenoxy) is 1. The molecule has 0 aromatic carbocycles. The van der Waals surface area contributed by atoms with Gasteiger partial charge in [-0.1, -0.05) is 6.92 Å². The van der Waals surface area contributed by atoms with Gasteiger partial charge in [0.25, 0.3) is 0 Å². The Labute approximate surface area is 134 Å². The first-order valence-electron chi connectivity index (χ1n) is 8.08. The minimum Gasteiger partial charge on any atom is -0.377 e. The maximum Gasteiger partial charge on any atom is 0.132 e. The highest BCUT2D eigenvalue weighted by Crippen LogP contribution is 2.71. The molecule has 1 saturated carbocycles. The van der Waals surface area contributed by atoms with E-state index in [4.69, 9.17) is 9.72 Å². The summed E-state index contributed by atoms with van der Waals surface area (Å²) in [6, 6.07) is 2.43. The molecular weight excluding hydrogens is 298 g/mol. The SMILES string of the molecule is CCS(C)(O)C1(c2cc(N3CCOC[C@H]3C)nc(C)n2)CC1. The van der Waals surface area contributed by atoms with Gasteiger partial charge in [0.15, 0.2) is 0 Å². The molecule has 124 valence electrons. The highest BCUT2D eigenvalue weighted by Gasteiger charge is 2.55. The Kier molecular flexibility index (Phi) is 4.12. The zero-order chi connectivity index (χ0) is 16.0. The molecule has 5 nitrogen and oxygen atoms in total. The fourth-order valence-corrected chi connectivity index (χ4v) is 5.40. The maximum absolute atomic E-state index is 10.9. The van der Waals surface area contributed by atoms with Crippen molar-refractivity contribution in [3.05, 3.63) is 17.6 Å². The van der Waals surface area contributed by atoms with Crippen molar-refractivity contribution in [2.45, 2.75) is 44.4 Å². The quantitative estimate of drug-likeness (QED) is 0.922. The fraction of sp³-hybridized carbons (Fsp3) is 0.750. The zero-order valence-corrected chi connectivity index (χ0v) is 14.8. The van der Waals surface area contributed by atoms with E-state index in [0.29, 0.717) is 6.04 Å². The molecule has 1 aromatic heterocycles. The van der Waals surface area contributed by atoms with Gasteiger partial charge < -0.3 is 14.2 Å². The van der Waals surface area contributed by atoms with Crippen LogP contribution in [0.15, 0.2) is 6.07 Å². The molecule has 0 spiro atoms. The maximum atomic E-state index is 10.9. The van der Waals surface area contributed by atoms with Gasteiger partial charge in [-0.2, -0.15) is 0 Å². The van der Waals surface area contributed by atoms with Gasteiger partial charge in [0, 0.05) is 12.6 Å². The van der Waals surface area contributed by atoms with E-state index >= 15 is 0 Å². The van der Waals surface area contributed by atoms with Crippen LogP contribution in [-0.4, -0.2) is 52.3 Å². The number of hydrogen-bond donors (Lipinski definition) is 1. The standard InChI is InChI=1S/C16H27N3O2S/c1-5-22(4,20)16(6-7-16)14-10-15(18-13(3)17-14)19-8-9-21-11-12(19)2/h10,12,20H,5-9,11H2,1-4H3/t12-/m1/s1. The van der Waals surface area contributed by atoms with E-state index in [1.54, 1.807) is 0 Å². The molecule has 0 amide bonds. The van der Waals surface area contributed by atoms with Crippen LogP contribution in [0.5, 0.6) is 0 Å². The lowest BCUT2D eigenvalue weighted by molar-refractivity contribution is 0.0985. The molecule has 1 saturated heterocycles. The van der Waals surface area contributed by atoms with Crippen LogP contribution in [0.2, 0.25) is 0 Å². The third-order valence-electron chi connectivity index (χ3n) is 5.06. The lowest BCUT2D eigenvalue weighted by Crippen LogP contribution is -2.44. The van der Waals surface area contributed by atoms with Crippen molar-refractivity contribution in [1.29, 1.82) is 0 Å². The third-order valence-corrected chi connectivity index (χ3v) is 8.49. The summed E-state index contributed by atoms with van der Waals surface area (Å²) >= 11 is 0. The van der Waals surface area contributed by atoms with Crippen LogP contribution in [0.4, 0.5) is 5.82 Å². The number of nitrogens with zero attached hydrogens (tertiary/aromatic N) is 3. The first-order valence-corrected chi connectivity index (χ1v) is 10.2. The van der Waals surface area contributed by atoms with Crippen molar-refractivity contribution < 1.29 is 9.29 Å². The van der Waals surface area contributed by atoms with Gasteiger partial charge in [-0.15, -0.1) is 10.3 Å². The van der Waals surface area contributed by atoms with Crippen molar-refractivity contribution in [2.24, 2.45) is 0 Å². The second-order valence-corrected chi connectivity index (χ2v) is 10.0. The third kappa shape index (κ3) is 2.61. The monoisotopic (exact) mass is 325 g/mol. The lowest BCUT2D eigenvalue weighted by atomic mass is 10.2. The Balaban J connectivity index is 1.97. The van der Waals surface area contributed by atoms with Crippen LogP contribution in [0.1, 0.15) is 38.2 Å². The summed E-state index contributed by atoms with van der Waals surface area (Å²) in [5.41, 5.74) is 1.04. The fourth-order valence-electron chi connectivity index (χ4n) is 3.31. The second kappa shape index (κ2) is 5.65. The lowest BCUT2D eigenvalue weighted by Gasteiger charge is -2.38. The van der Waals surface area contributed by atoms with Gasteiger partial charge in [0.2, 0.25) is 0 Å². The van der Waals surface area contributed by atoms with E-state index < -0.39 is 10.3 Å². The van der Waals surface area contributed by atoms with E-state index in [1.165, 1.54) is 0 Å². The average molecular weight is 325 g/mol. The van der Waals surface area contributed by atoms with Crippen molar-refractivity contribution >= 4 is 16.1 Å². The number of aryl methyl sites for hydroxylation is 1. The Bertz CT molecular complexity index is 560. The predicted octanol–water partition coefficient (Wildman–Crippen LogP) is 2.93. The van der Waals surface area contributed by atoms with Crippen molar-refractivity contribution in [1.82, 2.24) is 9.97 Å². The Hall–Kier alpha value is -0.850. The molecule has 3 rings (SSSR count).